The minimum atomic E-state index is -2.02. The molecular weight excluding hydrogens is 155 g/mol. The summed E-state index contributed by atoms with van der Waals surface area (Å²) in [6, 6.07) is 0. The Morgan fingerprint density at radius 3 is 3.10 bits per heavy atom. The minimum absolute atomic E-state index is 0.118. The molecule has 1 saturated heterocycles. The molecule has 56 valence electrons. The van der Waals surface area contributed by atoms with Gasteiger partial charge in [0.2, 0.25) is 0 Å². The zero-order chi connectivity index (χ0) is 7.40. The van der Waals surface area contributed by atoms with Gasteiger partial charge in [0.1, 0.15) is 19.0 Å². The van der Waals surface area contributed by atoms with Crippen LogP contribution in [0.15, 0.2) is 12.8 Å². The van der Waals surface area contributed by atoms with Gasteiger partial charge in [0.15, 0.2) is 0 Å². The standard InChI is InChI=1S/C5H8O4P/c1-2-8-10(6)9-4-5-3-7-5/h2,5H,1,3-4H2/q+1. The molecule has 1 aliphatic rings. The highest BCUT2D eigenvalue weighted by Gasteiger charge is 2.29. The van der Waals surface area contributed by atoms with Crippen molar-refractivity contribution in [1.82, 2.24) is 0 Å². The molecule has 10 heavy (non-hydrogen) atoms. The monoisotopic (exact) mass is 163 g/mol. The summed E-state index contributed by atoms with van der Waals surface area (Å²) in [5.41, 5.74) is 0. The molecular formula is C5H8O4P+. The van der Waals surface area contributed by atoms with Gasteiger partial charge in [0.05, 0.1) is 6.61 Å². The molecule has 0 bridgehead atoms. The van der Waals surface area contributed by atoms with E-state index in [1.54, 1.807) is 0 Å². The molecule has 2 atom stereocenters. The molecule has 0 aromatic carbocycles. The van der Waals surface area contributed by atoms with Gasteiger partial charge in [-0.25, -0.2) is 4.52 Å². The third-order valence-corrected chi connectivity index (χ3v) is 1.61. The van der Waals surface area contributed by atoms with Crippen molar-refractivity contribution in [3.8, 4) is 0 Å². The first-order chi connectivity index (χ1) is 4.83. The third kappa shape index (κ3) is 2.92. The molecule has 1 aliphatic heterocycles. The van der Waals surface area contributed by atoms with E-state index in [9.17, 15) is 4.57 Å². The first kappa shape index (κ1) is 7.66. The highest BCUT2D eigenvalue weighted by atomic mass is 31.1. The van der Waals surface area contributed by atoms with E-state index in [-0.39, 0.29) is 6.10 Å². The number of epoxide rings is 1. The summed E-state index contributed by atoms with van der Waals surface area (Å²) in [5.74, 6) is 0. The van der Waals surface area contributed by atoms with Crippen molar-refractivity contribution in [1.29, 1.82) is 0 Å². The smallest absolute Gasteiger partial charge is 0.370 e. The second kappa shape index (κ2) is 3.66. The van der Waals surface area contributed by atoms with Crippen LogP contribution >= 0.6 is 8.25 Å². The van der Waals surface area contributed by atoms with E-state index in [0.29, 0.717) is 13.2 Å². The molecule has 0 amide bonds. The van der Waals surface area contributed by atoms with Gasteiger partial charge in [0.25, 0.3) is 0 Å². The van der Waals surface area contributed by atoms with Crippen LogP contribution in [0, 0.1) is 0 Å². The summed E-state index contributed by atoms with van der Waals surface area (Å²) >= 11 is 0. The van der Waals surface area contributed by atoms with Gasteiger partial charge in [-0.3, -0.25) is 0 Å². The Balaban J connectivity index is 1.99. The number of hydrogen-bond acceptors (Lipinski definition) is 4. The van der Waals surface area contributed by atoms with Gasteiger partial charge in [-0.15, -0.1) is 4.52 Å². The van der Waals surface area contributed by atoms with Gasteiger partial charge < -0.3 is 4.74 Å². The number of rotatable bonds is 5. The lowest BCUT2D eigenvalue weighted by molar-refractivity contribution is 0.238. The zero-order valence-corrected chi connectivity index (χ0v) is 6.25. The first-order valence-electron chi connectivity index (χ1n) is 2.82. The molecule has 0 N–H and O–H groups in total. The van der Waals surface area contributed by atoms with Crippen molar-refractivity contribution in [2.24, 2.45) is 0 Å². The Labute approximate surface area is 59.7 Å². The van der Waals surface area contributed by atoms with Crippen molar-refractivity contribution in [2.75, 3.05) is 13.2 Å². The van der Waals surface area contributed by atoms with Crippen LogP contribution < -0.4 is 0 Å². The van der Waals surface area contributed by atoms with Gasteiger partial charge in [-0.05, 0) is 0 Å². The molecule has 0 aromatic rings. The van der Waals surface area contributed by atoms with Crippen LogP contribution in [0.2, 0.25) is 0 Å². The van der Waals surface area contributed by atoms with Crippen LogP contribution in [0.3, 0.4) is 0 Å². The second-order valence-corrected chi connectivity index (χ2v) is 2.66. The van der Waals surface area contributed by atoms with Gasteiger partial charge in [0, 0.05) is 4.57 Å². The maximum atomic E-state index is 10.6. The van der Waals surface area contributed by atoms with Crippen molar-refractivity contribution < 1.29 is 18.3 Å². The van der Waals surface area contributed by atoms with E-state index >= 15 is 0 Å². The molecule has 1 heterocycles. The molecule has 4 nitrogen and oxygen atoms in total. The van der Waals surface area contributed by atoms with Crippen LogP contribution in [0.1, 0.15) is 0 Å². The summed E-state index contributed by atoms with van der Waals surface area (Å²) in [6.07, 6.45) is 1.21. The first-order valence-corrected chi connectivity index (χ1v) is 3.92. The quantitative estimate of drug-likeness (QED) is 0.347. The van der Waals surface area contributed by atoms with E-state index in [0.717, 1.165) is 6.26 Å². The summed E-state index contributed by atoms with van der Waals surface area (Å²) in [5, 5.41) is 0. The largest absolute Gasteiger partial charge is 0.749 e. The Morgan fingerprint density at radius 2 is 2.60 bits per heavy atom. The average molecular weight is 163 g/mol. The SMILES string of the molecule is C=CO[P+](=O)OCC1CO1. The Kier molecular flexibility index (Phi) is 2.81. The Bertz CT molecular complexity index is 143. The van der Waals surface area contributed by atoms with Gasteiger partial charge in [-0.1, -0.05) is 6.58 Å². The predicted molar refractivity (Wildman–Crippen MR) is 34.6 cm³/mol. The summed E-state index contributed by atoms with van der Waals surface area (Å²) in [6.45, 7) is 4.25. The summed E-state index contributed by atoms with van der Waals surface area (Å²) in [4.78, 5) is 0. The molecule has 0 saturated carbocycles. The Hall–Kier alpha value is -0.440. The fraction of sp³-hybridized carbons (Fsp3) is 0.600. The highest BCUT2D eigenvalue weighted by molar-refractivity contribution is 7.33. The molecule has 0 aromatic heterocycles. The average Bonchev–Trinajstić information content (AvgIpc) is 2.67. The number of ether oxygens (including phenoxy) is 1. The van der Waals surface area contributed by atoms with Crippen LogP contribution in [0.25, 0.3) is 0 Å². The fourth-order valence-corrected chi connectivity index (χ4v) is 0.870. The molecule has 0 radical (unpaired) electrons. The summed E-state index contributed by atoms with van der Waals surface area (Å²) < 4.78 is 24.5. The maximum absolute atomic E-state index is 10.6. The lowest BCUT2D eigenvalue weighted by Crippen LogP contribution is -1.94. The topological polar surface area (TPSA) is 48.1 Å². The predicted octanol–water partition coefficient (Wildman–Crippen LogP) is 1.22. The van der Waals surface area contributed by atoms with Crippen molar-refractivity contribution >= 4 is 8.25 Å². The molecule has 0 aliphatic carbocycles. The van der Waals surface area contributed by atoms with Crippen molar-refractivity contribution in [3.05, 3.63) is 12.8 Å². The molecule has 5 heteroatoms. The van der Waals surface area contributed by atoms with Gasteiger partial charge >= 0.3 is 8.25 Å². The normalized spacial score (nSPS) is 23.6. The second-order valence-electron chi connectivity index (χ2n) is 1.75. The molecule has 1 fully saturated rings. The van der Waals surface area contributed by atoms with E-state index < -0.39 is 8.25 Å². The highest BCUT2D eigenvalue weighted by Crippen LogP contribution is 2.25. The van der Waals surface area contributed by atoms with Crippen molar-refractivity contribution in [2.45, 2.75) is 6.10 Å². The van der Waals surface area contributed by atoms with E-state index in [4.69, 9.17) is 9.26 Å². The number of hydrogen-bond donors (Lipinski definition) is 0. The van der Waals surface area contributed by atoms with Crippen LogP contribution in [0.4, 0.5) is 0 Å². The van der Waals surface area contributed by atoms with Crippen LogP contribution in [-0.4, -0.2) is 19.3 Å². The minimum Gasteiger partial charge on any atom is -0.370 e. The van der Waals surface area contributed by atoms with Crippen molar-refractivity contribution in [3.63, 3.8) is 0 Å². The maximum Gasteiger partial charge on any atom is 0.749 e. The van der Waals surface area contributed by atoms with Crippen LogP contribution in [-0.2, 0) is 18.3 Å². The third-order valence-electron chi connectivity index (χ3n) is 0.929. The van der Waals surface area contributed by atoms with E-state index in [1.165, 1.54) is 0 Å². The summed E-state index contributed by atoms with van der Waals surface area (Å²) in [7, 11) is -2.02. The lowest BCUT2D eigenvalue weighted by atomic mass is 10.5. The Morgan fingerprint density at radius 1 is 1.90 bits per heavy atom. The van der Waals surface area contributed by atoms with E-state index in [2.05, 4.69) is 11.1 Å². The van der Waals surface area contributed by atoms with Gasteiger partial charge in [-0.2, -0.15) is 0 Å². The fourth-order valence-electron chi connectivity index (χ4n) is 0.400. The van der Waals surface area contributed by atoms with Crippen LogP contribution in [0.5, 0.6) is 0 Å². The zero-order valence-electron chi connectivity index (χ0n) is 5.36. The van der Waals surface area contributed by atoms with E-state index in [1.807, 2.05) is 0 Å². The molecule has 2 unspecified atom stereocenters. The lowest BCUT2D eigenvalue weighted by Gasteiger charge is -1.81. The molecule has 1 rings (SSSR count). The molecule has 0 spiro atoms.